The zero-order valence-electron chi connectivity index (χ0n) is 12.1. The lowest BCUT2D eigenvalue weighted by atomic mass is 10.1. The van der Waals surface area contributed by atoms with Gasteiger partial charge in [-0.2, -0.15) is 0 Å². The molecule has 21 heavy (non-hydrogen) atoms. The first kappa shape index (κ1) is 15.1. The maximum atomic E-state index is 11.7. The van der Waals surface area contributed by atoms with Crippen LogP contribution >= 0.6 is 11.3 Å². The Morgan fingerprint density at radius 2 is 2.19 bits per heavy atom. The van der Waals surface area contributed by atoms with Crippen LogP contribution < -0.4 is 15.8 Å². The van der Waals surface area contributed by atoms with Crippen molar-refractivity contribution >= 4 is 27.4 Å². The molecule has 0 aliphatic carbocycles. The van der Waals surface area contributed by atoms with Crippen molar-refractivity contribution < 1.29 is 9.53 Å². The molecule has 0 bridgehead atoms. The fourth-order valence-electron chi connectivity index (χ4n) is 1.77. The third-order valence-electron chi connectivity index (χ3n) is 2.65. The Bertz CT molecular complexity index is 688. The molecule has 1 amide bonds. The Hall–Kier alpha value is -2.34. The molecule has 1 aromatic heterocycles. The number of anilines is 2. The number of ether oxygens (including phenoxy) is 1. The van der Waals surface area contributed by atoms with Crippen molar-refractivity contribution in [3.8, 4) is 17.0 Å². The van der Waals surface area contributed by atoms with E-state index in [4.69, 9.17) is 10.5 Å². The predicted octanol–water partition coefficient (Wildman–Crippen LogP) is 3.31. The molecule has 0 saturated heterocycles. The summed E-state index contributed by atoms with van der Waals surface area (Å²) < 4.78 is 5.19. The molecule has 2 aromatic rings. The average molecular weight is 303 g/mol. The van der Waals surface area contributed by atoms with E-state index in [0.29, 0.717) is 15.8 Å². The van der Waals surface area contributed by atoms with Crippen molar-refractivity contribution in [1.82, 2.24) is 4.98 Å². The maximum Gasteiger partial charge on any atom is 0.250 e. The summed E-state index contributed by atoms with van der Waals surface area (Å²) in [5, 5.41) is 3.74. The van der Waals surface area contributed by atoms with Crippen LogP contribution in [0.4, 0.5) is 10.1 Å². The van der Waals surface area contributed by atoms with Gasteiger partial charge in [0.2, 0.25) is 5.91 Å². The largest absolute Gasteiger partial charge is 0.497 e. The summed E-state index contributed by atoms with van der Waals surface area (Å²) in [6, 6.07) is 7.47. The van der Waals surface area contributed by atoms with Gasteiger partial charge in [0.1, 0.15) is 16.4 Å². The lowest BCUT2D eigenvalue weighted by Crippen LogP contribution is -2.07. The third-order valence-corrected chi connectivity index (χ3v) is 3.45. The molecule has 3 N–H and O–H groups in total. The normalized spacial score (nSPS) is 10.0. The van der Waals surface area contributed by atoms with Gasteiger partial charge in [0.25, 0.3) is 0 Å². The number of hydrogen-bond donors (Lipinski definition) is 2. The highest BCUT2D eigenvalue weighted by Gasteiger charge is 2.12. The van der Waals surface area contributed by atoms with Gasteiger partial charge in [-0.25, -0.2) is 4.98 Å². The van der Waals surface area contributed by atoms with Crippen LogP contribution in [-0.2, 0) is 4.79 Å². The van der Waals surface area contributed by atoms with E-state index >= 15 is 0 Å². The molecule has 1 aromatic carbocycles. The summed E-state index contributed by atoms with van der Waals surface area (Å²) in [5.41, 5.74) is 8.41. The van der Waals surface area contributed by atoms with E-state index in [1.165, 1.54) is 17.4 Å². The van der Waals surface area contributed by atoms with Crippen LogP contribution in [-0.4, -0.2) is 18.0 Å². The first-order valence-corrected chi connectivity index (χ1v) is 7.18. The van der Waals surface area contributed by atoms with Crippen molar-refractivity contribution in [2.75, 3.05) is 18.2 Å². The van der Waals surface area contributed by atoms with Crippen LogP contribution in [0.2, 0.25) is 0 Å². The standard InChI is InChI=1S/C15H17N3O2S/c1-9(2)7-12(19)17-15-18-13(14(16)21-15)10-5-4-6-11(8-10)20-3/h4-8H,16H2,1-3H3,(H,17,18,19). The second-order valence-electron chi connectivity index (χ2n) is 4.67. The van der Waals surface area contributed by atoms with Crippen molar-refractivity contribution in [1.29, 1.82) is 0 Å². The van der Waals surface area contributed by atoms with E-state index in [1.807, 2.05) is 38.1 Å². The van der Waals surface area contributed by atoms with Gasteiger partial charge in [-0.15, -0.1) is 0 Å². The molecule has 2 rings (SSSR count). The summed E-state index contributed by atoms with van der Waals surface area (Å²) >= 11 is 1.24. The minimum atomic E-state index is -0.207. The fraction of sp³-hybridized carbons (Fsp3) is 0.200. The van der Waals surface area contributed by atoms with E-state index < -0.39 is 0 Å². The monoisotopic (exact) mass is 303 g/mol. The second-order valence-corrected chi connectivity index (χ2v) is 5.71. The first-order chi connectivity index (χ1) is 9.99. The summed E-state index contributed by atoms with van der Waals surface area (Å²) in [5.74, 6) is 0.524. The number of carbonyl (C=O) groups is 1. The topological polar surface area (TPSA) is 77.2 Å². The molecule has 0 atom stereocenters. The van der Waals surface area contributed by atoms with Gasteiger partial charge in [-0.3, -0.25) is 10.1 Å². The number of methoxy groups -OCH3 is 1. The van der Waals surface area contributed by atoms with Crippen molar-refractivity contribution in [2.45, 2.75) is 13.8 Å². The molecular formula is C15H17N3O2S. The van der Waals surface area contributed by atoms with Crippen molar-refractivity contribution in [3.05, 3.63) is 35.9 Å². The molecule has 0 aliphatic rings. The molecule has 6 heteroatoms. The Kier molecular flexibility index (Phi) is 4.59. The van der Waals surface area contributed by atoms with Crippen LogP contribution in [0.25, 0.3) is 11.3 Å². The zero-order chi connectivity index (χ0) is 15.4. The molecule has 0 aliphatic heterocycles. The fourth-order valence-corrected chi connectivity index (χ4v) is 2.52. The molecule has 0 radical (unpaired) electrons. The van der Waals surface area contributed by atoms with Crippen LogP contribution in [0.1, 0.15) is 13.8 Å². The van der Waals surface area contributed by atoms with Gasteiger partial charge >= 0.3 is 0 Å². The Labute approximate surface area is 127 Å². The van der Waals surface area contributed by atoms with Crippen LogP contribution in [0.3, 0.4) is 0 Å². The molecule has 1 heterocycles. The predicted molar refractivity (Wildman–Crippen MR) is 86.6 cm³/mol. The number of benzene rings is 1. The quantitative estimate of drug-likeness (QED) is 0.850. The SMILES string of the molecule is COc1cccc(-c2nc(NC(=O)C=C(C)C)sc2N)c1. The van der Waals surface area contributed by atoms with Gasteiger partial charge in [0.05, 0.1) is 7.11 Å². The second kappa shape index (κ2) is 6.41. The summed E-state index contributed by atoms with van der Waals surface area (Å²) in [6.07, 6.45) is 1.52. The Morgan fingerprint density at radius 1 is 1.43 bits per heavy atom. The minimum absolute atomic E-state index is 0.207. The van der Waals surface area contributed by atoms with E-state index in [0.717, 1.165) is 16.9 Å². The molecule has 0 unspecified atom stereocenters. The minimum Gasteiger partial charge on any atom is -0.497 e. The van der Waals surface area contributed by atoms with Gasteiger partial charge in [-0.1, -0.05) is 29.0 Å². The molecule has 5 nitrogen and oxygen atoms in total. The molecular weight excluding hydrogens is 286 g/mol. The number of aromatic nitrogens is 1. The number of thiazole rings is 1. The van der Waals surface area contributed by atoms with Gasteiger partial charge < -0.3 is 10.5 Å². The van der Waals surface area contributed by atoms with Crippen LogP contribution in [0.15, 0.2) is 35.9 Å². The van der Waals surface area contributed by atoms with Gasteiger partial charge in [0, 0.05) is 11.6 Å². The third kappa shape index (κ3) is 3.82. The lowest BCUT2D eigenvalue weighted by molar-refractivity contribution is -0.111. The zero-order valence-corrected chi connectivity index (χ0v) is 13.0. The summed E-state index contributed by atoms with van der Waals surface area (Å²) in [6.45, 7) is 3.72. The summed E-state index contributed by atoms with van der Waals surface area (Å²) in [4.78, 5) is 16.1. The number of nitrogen functional groups attached to an aromatic ring is 1. The number of amides is 1. The van der Waals surface area contributed by atoms with E-state index in [-0.39, 0.29) is 5.91 Å². The number of allylic oxidation sites excluding steroid dienone is 1. The smallest absolute Gasteiger partial charge is 0.250 e. The number of rotatable bonds is 4. The van der Waals surface area contributed by atoms with E-state index in [9.17, 15) is 4.79 Å². The van der Waals surface area contributed by atoms with Crippen molar-refractivity contribution in [3.63, 3.8) is 0 Å². The highest BCUT2D eigenvalue weighted by Crippen LogP contribution is 2.34. The number of nitrogens with zero attached hydrogens (tertiary/aromatic N) is 1. The van der Waals surface area contributed by atoms with Crippen LogP contribution in [0.5, 0.6) is 5.75 Å². The molecule has 0 spiro atoms. The average Bonchev–Trinajstić information content (AvgIpc) is 2.78. The first-order valence-electron chi connectivity index (χ1n) is 6.36. The highest BCUT2D eigenvalue weighted by molar-refractivity contribution is 7.20. The number of nitrogens with two attached hydrogens (primary N) is 1. The van der Waals surface area contributed by atoms with E-state index in [2.05, 4.69) is 10.3 Å². The Morgan fingerprint density at radius 3 is 2.86 bits per heavy atom. The number of carbonyl (C=O) groups excluding carboxylic acids is 1. The Balaban J connectivity index is 2.26. The maximum absolute atomic E-state index is 11.7. The molecule has 0 fully saturated rings. The van der Waals surface area contributed by atoms with Gasteiger partial charge in [0.15, 0.2) is 5.13 Å². The van der Waals surface area contributed by atoms with Crippen LogP contribution in [0, 0.1) is 0 Å². The van der Waals surface area contributed by atoms with Gasteiger partial charge in [-0.05, 0) is 26.0 Å². The number of hydrogen-bond acceptors (Lipinski definition) is 5. The lowest BCUT2D eigenvalue weighted by Gasteiger charge is -2.02. The van der Waals surface area contributed by atoms with E-state index in [1.54, 1.807) is 7.11 Å². The highest BCUT2D eigenvalue weighted by atomic mass is 32.1. The summed E-state index contributed by atoms with van der Waals surface area (Å²) in [7, 11) is 1.61. The van der Waals surface area contributed by atoms with Crippen molar-refractivity contribution in [2.24, 2.45) is 0 Å². The number of nitrogens with one attached hydrogen (secondary N) is 1. The molecule has 110 valence electrons. The molecule has 0 saturated carbocycles.